The standard InChI is InChI=1S/C20H26N4O2.HI/c1-24(2)14-16-6-4-15(5-7-16)13-22-20(21)23-17-8-9-18-19(12-17)26-11-3-10-25-18;/h4-9,12H,3,10-11,13-14H2,1-2H3,(H3,21,22,23);1H. The first-order valence-corrected chi connectivity index (χ1v) is 8.79. The summed E-state index contributed by atoms with van der Waals surface area (Å²) in [5, 5.41) is 3.11. The molecular formula is C20H27IN4O2. The summed E-state index contributed by atoms with van der Waals surface area (Å²) in [7, 11) is 4.12. The number of guanidine groups is 1. The molecule has 2 aromatic carbocycles. The number of hydrogen-bond donors (Lipinski definition) is 2. The quantitative estimate of drug-likeness (QED) is 0.388. The molecule has 7 heteroatoms. The predicted molar refractivity (Wildman–Crippen MR) is 120 cm³/mol. The molecule has 1 heterocycles. The number of halogens is 1. The summed E-state index contributed by atoms with van der Waals surface area (Å²) in [4.78, 5) is 6.55. The van der Waals surface area contributed by atoms with Gasteiger partial charge < -0.3 is 25.4 Å². The zero-order valence-corrected chi connectivity index (χ0v) is 18.1. The topological polar surface area (TPSA) is 72.1 Å². The molecule has 6 nitrogen and oxygen atoms in total. The fourth-order valence-corrected chi connectivity index (χ4v) is 2.72. The number of nitrogens with two attached hydrogens (primary N) is 1. The minimum Gasteiger partial charge on any atom is -0.490 e. The van der Waals surface area contributed by atoms with Crippen molar-refractivity contribution in [1.82, 2.24) is 4.90 Å². The Kier molecular flexibility index (Phi) is 8.18. The van der Waals surface area contributed by atoms with Crippen molar-refractivity contribution in [1.29, 1.82) is 0 Å². The summed E-state index contributed by atoms with van der Waals surface area (Å²) >= 11 is 0. The smallest absolute Gasteiger partial charge is 0.193 e. The molecule has 0 saturated carbocycles. The molecule has 146 valence electrons. The molecule has 3 N–H and O–H groups in total. The largest absolute Gasteiger partial charge is 0.490 e. The molecule has 0 saturated heterocycles. The lowest BCUT2D eigenvalue weighted by atomic mass is 10.1. The summed E-state index contributed by atoms with van der Waals surface area (Å²) in [5.74, 6) is 1.87. The van der Waals surface area contributed by atoms with Crippen LogP contribution in [0.1, 0.15) is 17.5 Å². The normalized spacial score (nSPS) is 13.7. The van der Waals surface area contributed by atoms with Gasteiger partial charge in [-0.15, -0.1) is 24.0 Å². The molecule has 0 atom stereocenters. The van der Waals surface area contributed by atoms with Gasteiger partial charge in [-0.3, -0.25) is 0 Å². The minimum atomic E-state index is 0. The third-order valence-corrected chi connectivity index (χ3v) is 3.97. The van der Waals surface area contributed by atoms with Gasteiger partial charge >= 0.3 is 0 Å². The molecule has 0 aromatic heterocycles. The second-order valence-electron chi connectivity index (χ2n) is 6.59. The van der Waals surface area contributed by atoms with Gasteiger partial charge in [0, 0.05) is 24.7 Å². The highest BCUT2D eigenvalue weighted by atomic mass is 127. The van der Waals surface area contributed by atoms with Crippen LogP contribution in [-0.4, -0.2) is 38.2 Å². The molecule has 0 radical (unpaired) electrons. The summed E-state index contributed by atoms with van der Waals surface area (Å²) in [5.41, 5.74) is 9.25. The van der Waals surface area contributed by atoms with E-state index in [1.807, 2.05) is 18.2 Å². The summed E-state index contributed by atoms with van der Waals surface area (Å²) in [6.07, 6.45) is 0.883. The van der Waals surface area contributed by atoms with Crippen molar-refractivity contribution < 1.29 is 9.47 Å². The fourth-order valence-electron chi connectivity index (χ4n) is 2.72. The Hall–Kier alpha value is -2.00. The lowest BCUT2D eigenvalue weighted by Gasteiger charge is -2.11. The highest BCUT2D eigenvalue weighted by Gasteiger charge is 2.10. The van der Waals surface area contributed by atoms with Crippen LogP contribution in [0.25, 0.3) is 0 Å². The molecule has 0 amide bonds. The van der Waals surface area contributed by atoms with E-state index in [9.17, 15) is 0 Å². The Morgan fingerprint density at radius 2 is 1.70 bits per heavy atom. The molecule has 0 bridgehead atoms. The molecule has 0 aliphatic carbocycles. The van der Waals surface area contributed by atoms with Gasteiger partial charge in [0.2, 0.25) is 0 Å². The van der Waals surface area contributed by atoms with Crippen molar-refractivity contribution >= 4 is 35.6 Å². The van der Waals surface area contributed by atoms with Crippen molar-refractivity contribution in [3.63, 3.8) is 0 Å². The maximum absolute atomic E-state index is 6.02. The Morgan fingerprint density at radius 1 is 1.04 bits per heavy atom. The number of nitrogens with one attached hydrogen (secondary N) is 1. The number of anilines is 1. The minimum absolute atomic E-state index is 0. The van der Waals surface area contributed by atoms with Gasteiger partial charge in [-0.2, -0.15) is 0 Å². The fraction of sp³-hybridized carbons (Fsp3) is 0.350. The number of benzene rings is 2. The first kappa shape index (κ1) is 21.3. The average Bonchev–Trinajstić information content (AvgIpc) is 2.85. The highest BCUT2D eigenvalue weighted by molar-refractivity contribution is 14.0. The van der Waals surface area contributed by atoms with E-state index < -0.39 is 0 Å². The Bertz CT molecular complexity index is 763. The zero-order chi connectivity index (χ0) is 18.4. The van der Waals surface area contributed by atoms with Crippen molar-refractivity contribution in [3.8, 4) is 11.5 Å². The second kappa shape index (κ2) is 10.4. The van der Waals surface area contributed by atoms with Crippen LogP contribution in [0.15, 0.2) is 47.5 Å². The van der Waals surface area contributed by atoms with E-state index in [4.69, 9.17) is 15.2 Å². The van der Waals surface area contributed by atoms with Gasteiger partial charge in [0.15, 0.2) is 17.5 Å². The van der Waals surface area contributed by atoms with E-state index in [1.165, 1.54) is 5.56 Å². The summed E-state index contributed by atoms with van der Waals surface area (Å²) in [6, 6.07) is 14.1. The molecule has 0 fully saturated rings. The van der Waals surface area contributed by atoms with Crippen LogP contribution in [0.5, 0.6) is 11.5 Å². The van der Waals surface area contributed by atoms with Crippen molar-refractivity contribution in [2.75, 3.05) is 32.6 Å². The first-order chi connectivity index (χ1) is 12.6. The van der Waals surface area contributed by atoms with E-state index in [2.05, 4.69) is 53.6 Å². The van der Waals surface area contributed by atoms with E-state index in [1.54, 1.807) is 0 Å². The lowest BCUT2D eigenvalue weighted by molar-refractivity contribution is 0.297. The predicted octanol–water partition coefficient (Wildman–Crippen LogP) is 3.45. The van der Waals surface area contributed by atoms with Crippen molar-refractivity contribution in [2.45, 2.75) is 19.5 Å². The summed E-state index contributed by atoms with van der Waals surface area (Å²) < 4.78 is 11.3. The lowest BCUT2D eigenvalue weighted by Crippen LogP contribution is -2.22. The average molecular weight is 482 g/mol. The Labute approximate surface area is 177 Å². The van der Waals surface area contributed by atoms with Gasteiger partial charge in [-0.05, 0) is 37.4 Å². The van der Waals surface area contributed by atoms with Crippen molar-refractivity contribution in [2.24, 2.45) is 10.7 Å². The van der Waals surface area contributed by atoms with Crippen LogP contribution in [0.4, 0.5) is 5.69 Å². The maximum atomic E-state index is 6.02. The monoisotopic (exact) mass is 482 g/mol. The zero-order valence-electron chi connectivity index (χ0n) is 15.8. The van der Waals surface area contributed by atoms with Crippen LogP contribution in [0.2, 0.25) is 0 Å². The molecule has 0 spiro atoms. The molecular weight excluding hydrogens is 455 g/mol. The third-order valence-electron chi connectivity index (χ3n) is 3.97. The number of fused-ring (bicyclic) bond motifs is 1. The van der Waals surface area contributed by atoms with Gasteiger partial charge in [0.25, 0.3) is 0 Å². The Morgan fingerprint density at radius 3 is 2.41 bits per heavy atom. The third kappa shape index (κ3) is 6.59. The van der Waals surface area contributed by atoms with Crippen LogP contribution in [0.3, 0.4) is 0 Å². The highest BCUT2D eigenvalue weighted by Crippen LogP contribution is 2.32. The number of rotatable bonds is 5. The molecule has 1 aliphatic rings. The van der Waals surface area contributed by atoms with Crippen molar-refractivity contribution in [3.05, 3.63) is 53.6 Å². The van der Waals surface area contributed by atoms with E-state index in [0.29, 0.717) is 25.7 Å². The van der Waals surface area contributed by atoms with Gasteiger partial charge in [0.1, 0.15) is 0 Å². The second-order valence-corrected chi connectivity index (χ2v) is 6.59. The SMILES string of the molecule is CN(C)Cc1ccc(CN=C(N)Nc2ccc3c(c2)OCCCO3)cc1.I. The van der Waals surface area contributed by atoms with Crippen LogP contribution in [0, 0.1) is 0 Å². The summed E-state index contributed by atoms with van der Waals surface area (Å²) in [6.45, 7) is 2.80. The Balaban J connectivity index is 0.00000261. The molecule has 0 unspecified atom stereocenters. The molecule has 3 rings (SSSR count). The number of aliphatic imine (C=N–C) groups is 1. The number of hydrogen-bond acceptors (Lipinski definition) is 4. The van der Waals surface area contributed by atoms with E-state index in [0.717, 1.165) is 35.7 Å². The molecule has 1 aliphatic heterocycles. The van der Waals surface area contributed by atoms with Gasteiger partial charge in [-0.25, -0.2) is 4.99 Å². The van der Waals surface area contributed by atoms with Gasteiger partial charge in [0.05, 0.1) is 19.8 Å². The van der Waals surface area contributed by atoms with E-state index >= 15 is 0 Å². The first-order valence-electron chi connectivity index (χ1n) is 8.79. The van der Waals surface area contributed by atoms with Gasteiger partial charge in [-0.1, -0.05) is 24.3 Å². The molecule has 2 aromatic rings. The molecule has 27 heavy (non-hydrogen) atoms. The van der Waals surface area contributed by atoms with Crippen LogP contribution < -0.4 is 20.5 Å². The van der Waals surface area contributed by atoms with E-state index in [-0.39, 0.29) is 24.0 Å². The number of nitrogens with zero attached hydrogens (tertiary/aromatic N) is 2. The van der Waals surface area contributed by atoms with Crippen LogP contribution in [-0.2, 0) is 13.1 Å². The maximum Gasteiger partial charge on any atom is 0.193 e. The number of ether oxygens (including phenoxy) is 2. The van der Waals surface area contributed by atoms with Crippen LogP contribution >= 0.6 is 24.0 Å².